The summed E-state index contributed by atoms with van der Waals surface area (Å²) in [5, 5.41) is 82.3. The highest BCUT2D eigenvalue weighted by molar-refractivity contribution is 5.88. The van der Waals surface area contributed by atoms with Crippen molar-refractivity contribution in [1.29, 1.82) is 0 Å². The standard InChI is InChI=1S/C12H20O13.C8H10N4O2/c13-3-4(14)7(18)8(19)9(20)10(21)25-6(17)2-12(24,11(22)23)1-5(15)16;1-10-4-9-6-5(10)7(13)12(3)8(14)11(6)2/h4,7-10,13-14,18-21,24H,1-3H2,(H,15,16)(H,22,23);4H,1-3H3/t4-,7-,8+,9-,10?,12?;/m1./s1. The van der Waals surface area contributed by atoms with Crippen molar-refractivity contribution < 1.29 is 65.1 Å². The molecule has 0 amide bonds. The zero-order valence-corrected chi connectivity index (χ0v) is 20.8. The van der Waals surface area contributed by atoms with E-state index in [4.69, 9.17) is 20.4 Å². The first-order valence-electron chi connectivity index (χ1n) is 10.8. The van der Waals surface area contributed by atoms with Crippen LogP contribution in [0.25, 0.3) is 11.2 Å². The first-order valence-corrected chi connectivity index (χ1v) is 10.8. The Bertz CT molecular complexity index is 1300. The van der Waals surface area contributed by atoms with Crippen molar-refractivity contribution in [3.8, 4) is 0 Å². The Labute approximate surface area is 217 Å². The van der Waals surface area contributed by atoms with Crippen LogP contribution in [-0.4, -0.2) is 125 Å². The molecule has 39 heavy (non-hydrogen) atoms. The first-order chi connectivity index (χ1) is 17.9. The van der Waals surface area contributed by atoms with Gasteiger partial charge < -0.3 is 55.3 Å². The molecular formula is C20H30N4O15. The Morgan fingerprint density at radius 1 is 0.949 bits per heavy atom. The molecule has 220 valence electrons. The third-order valence-electron chi connectivity index (χ3n) is 5.42. The van der Waals surface area contributed by atoms with E-state index >= 15 is 0 Å². The first kappa shape index (κ1) is 33.3. The third-order valence-corrected chi connectivity index (χ3v) is 5.42. The van der Waals surface area contributed by atoms with E-state index in [1.807, 2.05) is 0 Å². The fourth-order valence-corrected chi connectivity index (χ4v) is 3.13. The van der Waals surface area contributed by atoms with Gasteiger partial charge in [0.05, 0.1) is 25.8 Å². The molecule has 19 nitrogen and oxygen atoms in total. The van der Waals surface area contributed by atoms with Gasteiger partial charge in [-0.05, 0) is 0 Å². The summed E-state index contributed by atoms with van der Waals surface area (Å²) < 4.78 is 8.20. The van der Waals surface area contributed by atoms with E-state index in [9.17, 15) is 49.5 Å². The number of aliphatic hydroxyl groups is 7. The van der Waals surface area contributed by atoms with Crippen LogP contribution < -0.4 is 11.2 Å². The van der Waals surface area contributed by atoms with Crippen molar-refractivity contribution in [2.45, 2.75) is 49.1 Å². The topological polar surface area (TPSA) is 304 Å². The van der Waals surface area contributed by atoms with Crippen molar-refractivity contribution in [2.24, 2.45) is 21.1 Å². The zero-order valence-electron chi connectivity index (χ0n) is 20.8. The van der Waals surface area contributed by atoms with Gasteiger partial charge in [0, 0.05) is 21.1 Å². The van der Waals surface area contributed by atoms with Crippen molar-refractivity contribution in [3.63, 3.8) is 0 Å². The van der Waals surface area contributed by atoms with Crippen LogP contribution in [0, 0.1) is 0 Å². The summed E-state index contributed by atoms with van der Waals surface area (Å²) in [4.78, 5) is 60.0. The predicted octanol–water partition coefficient (Wildman–Crippen LogP) is -6.06. The largest absolute Gasteiger partial charge is 0.481 e. The summed E-state index contributed by atoms with van der Waals surface area (Å²) in [7, 11) is 4.77. The van der Waals surface area contributed by atoms with E-state index in [1.54, 1.807) is 18.7 Å². The van der Waals surface area contributed by atoms with Gasteiger partial charge in [-0.2, -0.15) is 0 Å². The maximum absolute atomic E-state index is 11.7. The minimum Gasteiger partial charge on any atom is -0.481 e. The molecule has 0 saturated carbocycles. The normalized spacial score (nSPS) is 16.7. The number of aliphatic hydroxyl groups excluding tert-OH is 6. The van der Waals surface area contributed by atoms with Crippen molar-refractivity contribution in [3.05, 3.63) is 27.2 Å². The molecule has 2 heterocycles. The van der Waals surface area contributed by atoms with E-state index in [-0.39, 0.29) is 11.2 Å². The molecule has 0 bridgehead atoms. The number of carbonyl (C=O) groups excluding carboxylic acids is 1. The number of hydrogen-bond acceptors (Lipinski definition) is 14. The molecule has 2 aromatic rings. The van der Waals surface area contributed by atoms with Gasteiger partial charge in [-0.15, -0.1) is 0 Å². The number of carboxylic acid groups (broad SMARTS) is 2. The fourth-order valence-electron chi connectivity index (χ4n) is 3.13. The van der Waals surface area contributed by atoms with Crippen LogP contribution in [0.3, 0.4) is 0 Å². The molecule has 2 rings (SSSR count). The summed E-state index contributed by atoms with van der Waals surface area (Å²) in [6, 6.07) is 0. The second-order valence-corrected chi connectivity index (χ2v) is 8.42. The van der Waals surface area contributed by atoms with E-state index in [2.05, 4.69) is 9.72 Å². The minimum absolute atomic E-state index is 0.317. The number of carboxylic acids is 2. The molecule has 2 aromatic heterocycles. The van der Waals surface area contributed by atoms with Gasteiger partial charge in [-0.1, -0.05) is 0 Å². The molecular weight excluding hydrogens is 536 g/mol. The number of fused-ring (bicyclic) bond motifs is 1. The van der Waals surface area contributed by atoms with Crippen LogP contribution in [-0.2, 0) is 40.3 Å². The lowest BCUT2D eigenvalue weighted by atomic mass is 9.96. The Kier molecular flexibility index (Phi) is 11.4. The SMILES string of the molecule is Cn1c(=O)c2c(ncn2C)n(C)c1=O.O=C(O)CC(O)(CC(=O)OC(O)[C@H](O)[C@@H](O)[C@H](O)[C@H](O)CO)C(=O)O. The summed E-state index contributed by atoms with van der Waals surface area (Å²) in [6.07, 6.45) is -12.4. The van der Waals surface area contributed by atoms with Gasteiger partial charge in [-0.3, -0.25) is 23.5 Å². The Balaban J connectivity index is 0.000000451. The Morgan fingerprint density at radius 2 is 1.51 bits per heavy atom. The second-order valence-electron chi connectivity index (χ2n) is 8.42. The van der Waals surface area contributed by atoms with Crippen LogP contribution in [0.15, 0.2) is 15.9 Å². The number of hydrogen-bond donors (Lipinski definition) is 9. The molecule has 0 fully saturated rings. The number of imidazole rings is 1. The molecule has 9 N–H and O–H groups in total. The molecule has 0 saturated heterocycles. The number of aromatic nitrogens is 4. The Hall–Kier alpha value is -3.72. The van der Waals surface area contributed by atoms with E-state index in [0.29, 0.717) is 11.2 Å². The lowest BCUT2D eigenvalue weighted by Crippen LogP contribution is -2.51. The molecule has 0 radical (unpaired) electrons. The Morgan fingerprint density at radius 3 is 2.00 bits per heavy atom. The third kappa shape index (κ3) is 7.89. The maximum Gasteiger partial charge on any atom is 0.336 e. The maximum atomic E-state index is 11.7. The number of nitrogens with zero attached hydrogens (tertiary/aromatic N) is 4. The van der Waals surface area contributed by atoms with Gasteiger partial charge in [0.25, 0.3) is 5.56 Å². The summed E-state index contributed by atoms with van der Waals surface area (Å²) >= 11 is 0. The van der Waals surface area contributed by atoms with Gasteiger partial charge in [0.1, 0.15) is 24.4 Å². The van der Waals surface area contributed by atoms with Gasteiger partial charge in [0.15, 0.2) is 16.8 Å². The van der Waals surface area contributed by atoms with Crippen molar-refractivity contribution in [2.75, 3.05) is 6.61 Å². The second kappa shape index (κ2) is 13.4. The quantitative estimate of drug-likeness (QED) is 0.0902. The zero-order chi connectivity index (χ0) is 30.4. The summed E-state index contributed by atoms with van der Waals surface area (Å²) in [5.41, 5.74) is -2.86. The molecule has 19 heteroatoms. The number of carbonyl (C=O) groups is 3. The molecule has 6 atom stereocenters. The van der Waals surface area contributed by atoms with E-state index in [0.717, 1.165) is 4.57 Å². The van der Waals surface area contributed by atoms with Crippen LogP contribution in [0.5, 0.6) is 0 Å². The van der Waals surface area contributed by atoms with Gasteiger partial charge >= 0.3 is 23.6 Å². The molecule has 0 aromatic carbocycles. The average molecular weight is 566 g/mol. The molecule has 0 aliphatic rings. The van der Waals surface area contributed by atoms with Gasteiger partial charge in [-0.25, -0.2) is 14.6 Å². The number of esters is 1. The van der Waals surface area contributed by atoms with Crippen LogP contribution in [0.1, 0.15) is 12.8 Å². The highest BCUT2D eigenvalue weighted by atomic mass is 16.6. The van der Waals surface area contributed by atoms with Gasteiger partial charge in [0.2, 0.25) is 6.29 Å². The number of rotatable bonds is 11. The molecule has 0 spiro atoms. The minimum atomic E-state index is -3.04. The summed E-state index contributed by atoms with van der Waals surface area (Å²) in [6.45, 7) is -0.998. The smallest absolute Gasteiger partial charge is 0.336 e. The van der Waals surface area contributed by atoms with Crippen molar-refractivity contribution in [1.82, 2.24) is 18.7 Å². The van der Waals surface area contributed by atoms with Crippen LogP contribution in [0.4, 0.5) is 0 Å². The fraction of sp³-hybridized carbons (Fsp3) is 0.600. The highest BCUT2D eigenvalue weighted by Crippen LogP contribution is 2.18. The predicted molar refractivity (Wildman–Crippen MR) is 124 cm³/mol. The molecule has 0 aliphatic heterocycles. The lowest BCUT2D eigenvalue weighted by Gasteiger charge is -2.28. The van der Waals surface area contributed by atoms with Crippen LogP contribution in [0.2, 0.25) is 0 Å². The summed E-state index contributed by atoms with van der Waals surface area (Å²) in [5.74, 6) is -5.43. The molecule has 0 aliphatic carbocycles. The average Bonchev–Trinajstić information content (AvgIpc) is 3.25. The number of ether oxygens (including phenoxy) is 1. The van der Waals surface area contributed by atoms with E-state index in [1.165, 1.54) is 17.9 Å². The number of aryl methyl sites for hydroxylation is 2. The highest BCUT2D eigenvalue weighted by Gasteiger charge is 2.43. The number of aliphatic carboxylic acids is 2. The van der Waals surface area contributed by atoms with E-state index < -0.39 is 73.7 Å². The van der Waals surface area contributed by atoms with Crippen LogP contribution >= 0.6 is 0 Å². The van der Waals surface area contributed by atoms with Crippen molar-refractivity contribution >= 4 is 29.1 Å². The lowest BCUT2D eigenvalue weighted by molar-refractivity contribution is -0.217. The molecule has 2 unspecified atom stereocenters. The monoisotopic (exact) mass is 566 g/mol.